The van der Waals surface area contributed by atoms with Crippen LogP contribution in [0.1, 0.15) is 5.56 Å². The van der Waals surface area contributed by atoms with Gasteiger partial charge < -0.3 is 0 Å². The average molecular weight is 553 g/mol. The third-order valence-corrected chi connectivity index (χ3v) is 6.18. The van der Waals surface area contributed by atoms with Gasteiger partial charge in [-0.3, -0.25) is 9.36 Å². The summed E-state index contributed by atoms with van der Waals surface area (Å²) in [6.45, 7) is 0. The number of carbonyl (C=O) groups excluding carboxylic acids is 1. The zero-order chi connectivity index (χ0) is 23.8. The maximum atomic E-state index is 12.4. The van der Waals surface area contributed by atoms with Crippen LogP contribution in [0.15, 0.2) is 99.7 Å². The normalized spacial score (nSPS) is 11.6. The Hall–Kier alpha value is -3.20. The van der Waals surface area contributed by atoms with E-state index >= 15 is 0 Å². The molecular formula is C25H19BrClN5OS. The number of allylic oxidation sites excluding steroid dienone is 1. The molecule has 0 radical (unpaired) electrons. The number of thioether (sulfide) groups is 1. The predicted octanol–water partition coefficient (Wildman–Crippen LogP) is 6.22. The molecule has 4 aromatic rings. The molecule has 1 heterocycles. The molecule has 1 amide bonds. The van der Waals surface area contributed by atoms with Crippen LogP contribution in [0.4, 0.5) is 0 Å². The summed E-state index contributed by atoms with van der Waals surface area (Å²) in [4.78, 5) is 12.4. The minimum Gasteiger partial charge on any atom is -0.272 e. The first-order chi connectivity index (χ1) is 16.6. The van der Waals surface area contributed by atoms with Crippen molar-refractivity contribution >= 4 is 57.5 Å². The molecule has 0 bridgehead atoms. The first-order valence-electron chi connectivity index (χ1n) is 10.2. The Kier molecular flexibility index (Phi) is 8.30. The summed E-state index contributed by atoms with van der Waals surface area (Å²) in [6, 6.07) is 27.0. The van der Waals surface area contributed by atoms with Gasteiger partial charge in [-0.1, -0.05) is 71.9 Å². The molecule has 4 rings (SSSR count). The fourth-order valence-electron chi connectivity index (χ4n) is 3.03. The second-order valence-electron chi connectivity index (χ2n) is 7.01. The number of nitrogens with one attached hydrogen (secondary N) is 1. The molecule has 0 unspecified atom stereocenters. The number of carbonyl (C=O) groups is 1. The summed E-state index contributed by atoms with van der Waals surface area (Å²) in [7, 11) is 0. The van der Waals surface area contributed by atoms with Gasteiger partial charge in [0.05, 0.1) is 12.0 Å². The Morgan fingerprint density at radius 2 is 1.68 bits per heavy atom. The van der Waals surface area contributed by atoms with Crippen molar-refractivity contribution in [3.8, 4) is 17.1 Å². The molecular weight excluding hydrogens is 534 g/mol. The lowest BCUT2D eigenvalue weighted by molar-refractivity contribution is -0.118. The third kappa shape index (κ3) is 6.44. The second-order valence-corrected chi connectivity index (χ2v) is 9.30. The monoisotopic (exact) mass is 551 g/mol. The summed E-state index contributed by atoms with van der Waals surface area (Å²) in [5.74, 6) is 0.541. The first kappa shape index (κ1) is 23.9. The highest BCUT2D eigenvalue weighted by atomic mass is 79.9. The van der Waals surface area contributed by atoms with Crippen LogP contribution in [-0.2, 0) is 4.79 Å². The number of halogens is 2. The number of hydrogen-bond donors (Lipinski definition) is 1. The van der Waals surface area contributed by atoms with E-state index in [9.17, 15) is 4.79 Å². The van der Waals surface area contributed by atoms with E-state index in [2.05, 4.69) is 36.7 Å². The number of aromatic nitrogens is 3. The van der Waals surface area contributed by atoms with E-state index < -0.39 is 0 Å². The predicted molar refractivity (Wildman–Crippen MR) is 143 cm³/mol. The zero-order valence-electron chi connectivity index (χ0n) is 17.8. The van der Waals surface area contributed by atoms with Crippen LogP contribution in [0.2, 0.25) is 5.02 Å². The van der Waals surface area contributed by atoms with E-state index in [1.54, 1.807) is 6.21 Å². The lowest BCUT2D eigenvalue weighted by atomic mass is 10.2. The molecule has 0 aliphatic rings. The highest BCUT2D eigenvalue weighted by Crippen LogP contribution is 2.28. The Labute approximate surface area is 214 Å². The van der Waals surface area contributed by atoms with Crippen LogP contribution in [-0.4, -0.2) is 32.6 Å². The molecule has 9 heteroatoms. The summed E-state index contributed by atoms with van der Waals surface area (Å²) in [6.07, 6.45) is 3.45. The van der Waals surface area contributed by atoms with Gasteiger partial charge in [0, 0.05) is 20.8 Å². The number of hydrazone groups is 1. The Bertz CT molecular complexity index is 1310. The number of benzene rings is 3. The molecule has 0 spiro atoms. The van der Waals surface area contributed by atoms with Crippen molar-refractivity contribution in [1.29, 1.82) is 0 Å². The van der Waals surface area contributed by atoms with Crippen LogP contribution >= 0.6 is 39.3 Å². The molecule has 6 nitrogen and oxygen atoms in total. The van der Waals surface area contributed by atoms with Crippen molar-refractivity contribution in [2.45, 2.75) is 5.16 Å². The summed E-state index contributed by atoms with van der Waals surface area (Å²) in [5.41, 5.74) is 5.34. The van der Waals surface area contributed by atoms with E-state index in [1.165, 1.54) is 11.8 Å². The lowest BCUT2D eigenvalue weighted by Crippen LogP contribution is -2.19. The molecule has 3 aromatic carbocycles. The lowest BCUT2D eigenvalue weighted by Gasteiger charge is -2.10. The van der Waals surface area contributed by atoms with E-state index in [4.69, 9.17) is 11.6 Å². The second kappa shape index (κ2) is 11.8. The number of para-hydroxylation sites is 1. The van der Waals surface area contributed by atoms with Crippen molar-refractivity contribution in [3.63, 3.8) is 0 Å². The van der Waals surface area contributed by atoms with E-state index in [1.807, 2.05) is 95.6 Å². The number of amides is 1. The van der Waals surface area contributed by atoms with Crippen molar-refractivity contribution in [2.75, 3.05) is 5.75 Å². The van der Waals surface area contributed by atoms with Gasteiger partial charge in [-0.15, -0.1) is 10.2 Å². The van der Waals surface area contributed by atoms with Gasteiger partial charge in [0.2, 0.25) is 0 Å². The fourth-order valence-corrected chi connectivity index (χ4v) is 4.27. The average Bonchev–Trinajstić information content (AvgIpc) is 3.28. The van der Waals surface area contributed by atoms with E-state index in [-0.39, 0.29) is 11.7 Å². The van der Waals surface area contributed by atoms with Gasteiger partial charge in [-0.2, -0.15) is 5.10 Å². The van der Waals surface area contributed by atoms with Gasteiger partial charge in [0.25, 0.3) is 5.91 Å². The zero-order valence-corrected chi connectivity index (χ0v) is 21.0. The van der Waals surface area contributed by atoms with Crippen LogP contribution in [0.25, 0.3) is 23.2 Å². The largest absolute Gasteiger partial charge is 0.272 e. The van der Waals surface area contributed by atoms with E-state index in [0.717, 1.165) is 21.3 Å². The van der Waals surface area contributed by atoms with E-state index in [0.29, 0.717) is 16.0 Å². The van der Waals surface area contributed by atoms with Gasteiger partial charge in [-0.25, -0.2) is 5.43 Å². The van der Waals surface area contributed by atoms with Gasteiger partial charge in [0.1, 0.15) is 0 Å². The van der Waals surface area contributed by atoms with Crippen LogP contribution in [0, 0.1) is 0 Å². The quantitative estimate of drug-likeness (QED) is 0.160. The molecule has 0 aliphatic carbocycles. The maximum Gasteiger partial charge on any atom is 0.250 e. The molecule has 0 atom stereocenters. The Balaban J connectivity index is 1.45. The molecule has 0 fully saturated rings. The third-order valence-electron chi connectivity index (χ3n) is 4.56. The standard InChI is InChI=1S/C25H19BrClN5OS/c26-20(15-18-7-3-1-4-8-18)16-28-29-23(33)17-34-25-31-30-24(19-11-13-21(27)14-12-19)32(25)22-9-5-2-6-10-22/h1-16H,17H2,(H,29,33)/b20-15-,28-16+. The van der Waals surface area contributed by atoms with Gasteiger partial charge in [0.15, 0.2) is 11.0 Å². The maximum absolute atomic E-state index is 12.4. The first-order valence-corrected chi connectivity index (χ1v) is 12.4. The van der Waals surface area contributed by atoms with Crippen molar-refractivity contribution < 1.29 is 4.79 Å². The van der Waals surface area contributed by atoms with Crippen LogP contribution in [0.3, 0.4) is 0 Å². The molecule has 34 heavy (non-hydrogen) atoms. The number of nitrogens with zero attached hydrogens (tertiary/aromatic N) is 4. The molecule has 0 saturated carbocycles. The van der Waals surface area contributed by atoms with Gasteiger partial charge in [-0.05, 0) is 64.0 Å². The summed E-state index contributed by atoms with van der Waals surface area (Å²) >= 11 is 10.7. The minimum absolute atomic E-state index is 0.128. The van der Waals surface area contributed by atoms with Gasteiger partial charge >= 0.3 is 0 Å². The fraction of sp³-hybridized carbons (Fsp3) is 0.0400. The molecule has 0 aliphatic heterocycles. The topological polar surface area (TPSA) is 72.2 Å². The summed E-state index contributed by atoms with van der Waals surface area (Å²) in [5, 5.41) is 14.0. The van der Waals surface area contributed by atoms with Crippen LogP contribution in [0.5, 0.6) is 0 Å². The Morgan fingerprint density at radius 1 is 1.00 bits per heavy atom. The Morgan fingerprint density at radius 3 is 2.38 bits per heavy atom. The number of hydrogen-bond acceptors (Lipinski definition) is 5. The molecule has 1 aromatic heterocycles. The SMILES string of the molecule is O=C(CSc1nnc(-c2ccc(Cl)cc2)n1-c1ccccc1)N/N=C/C(Br)=C/c1ccccc1. The smallest absolute Gasteiger partial charge is 0.250 e. The number of rotatable bonds is 8. The highest BCUT2D eigenvalue weighted by molar-refractivity contribution is 9.12. The summed E-state index contributed by atoms with van der Waals surface area (Å²) < 4.78 is 2.66. The van der Waals surface area contributed by atoms with Crippen molar-refractivity contribution in [3.05, 3.63) is 100.0 Å². The highest BCUT2D eigenvalue weighted by Gasteiger charge is 2.17. The van der Waals surface area contributed by atoms with Crippen molar-refractivity contribution in [2.24, 2.45) is 5.10 Å². The minimum atomic E-state index is -0.253. The molecule has 1 N–H and O–H groups in total. The van der Waals surface area contributed by atoms with Crippen LogP contribution < -0.4 is 5.43 Å². The molecule has 170 valence electrons. The van der Waals surface area contributed by atoms with Crippen molar-refractivity contribution in [1.82, 2.24) is 20.2 Å². The molecule has 0 saturated heterocycles.